The molecule has 15 aromatic rings. The van der Waals surface area contributed by atoms with Crippen molar-refractivity contribution in [2.45, 2.75) is 13.8 Å². The molecule has 0 amide bonds. The molecule has 8 heteroatoms. The normalized spacial score (nSPS) is 13.3. The van der Waals surface area contributed by atoms with Crippen LogP contribution in [0.2, 0.25) is 0 Å². The molecule has 4 aliphatic heterocycles. The smallest absolute Gasteiger partial charge is 0.256 e. The zero-order valence-corrected chi connectivity index (χ0v) is 48.3. The van der Waals surface area contributed by atoms with E-state index in [-0.39, 0.29) is 13.4 Å². The summed E-state index contributed by atoms with van der Waals surface area (Å²) in [5.41, 5.74) is 29.1. The number of aryl methyl sites for hydroxylation is 2. The molecule has 0 saturated heterocycles. The van der Waals surface area contributed by atoms with Crippen molar-refractivity contribution >= 4 is 141 Å². The minimum atomic E-state index is -0.201. The van der Waals surface area contributed by atoms with Crippen LogP contribution in [0.1, 0.15) is 11.1 Å². The van der Waals surface area contributed by atoms with Crippen molar-refractivity contribution < 1.29 is 9.15 Å². The Morgan fingerprint density at radius 3 is 1.59 bits per heavy atom. The lowest BCUT2D eigenvalue weighted by Gasteiger charge is -2.46. The number of hydrogen-bond donors (Lipinski definition) is 0. The van der Waals surface area contributed by atoms with E-state index in [4.69, 9.17) is 9.15 Å². The van der Waals surface area contributed by atoms with Gasteiger partial charge in [0.1, 0.15) is 17.1 Å². The van der Waals surface area contributed by atoms with Gasteiger partial charge >= 0.3 is 0 Å². The summed E-state index contributed by atoms with van der Waals surface area (Å²) < 4.78 is 16.9. The molecule has 0 atom stereocenters. The van der Waals surface area contributed by atoms with Crippen molar-refractivity contribution in [3.05, 3.63) is 290 Å². The van der Waals surface area contributed by atoms with Crippen LogP contribution in [0.3, 0.4) is 0 Å². The zero-order valence-electron chi connectivity index (χ0n) is 48.3. The molecule has 0 spiro atoms. The molecule has 4 aliphatic rings. The van der Waals surface area contributed by atoms with Crippen molar-refractivity contribution in [1.82, 2.24) is 4.57 Å². The molecule has 2 aromatic heterocycles. The standard InChI is InChI=1S/C80H52B2N4O2/c1-49-42-71-77-72(43-49)86(79-55(51-22-6-3-7-23-51)31-20-32-56(79)52-24-8-4-9-25-52)70-48-75-64(82-61-34-15-18-37-67(61)85(73-44-50(2)45-76(87-75)78(73)82)68-38-21-33-60-59-30-14-19-39-74(59)88-80(60)68)47-63(70)81(77)62-41-40-54(46-69(62)83(71)53-26-10-5-11-27-53)84-65-35-16-12-28-57(65)58-29-13-17-36-66(58)84/h3-48H,1-2H3. The maximum Gasteiger partial charge on any atom is 0.256 e. The first kappa shape index (κ1) is 49.1. The lowest BCUT2D eigenvalue weighted by Crippen LogP contribution is -2.64. The Bertz CT molecular complexity index is 5330. The third kappa shape index (κ3) is 6.97. The number of aromatic nitrogens is 1. The Morgan fingerprint density at radius 2 is 0.864 bits per heavy atom. The third-order valence-corrected chi connectivity index (χ3v) is 19.0. The van der Waals surface area contributed by atoms with E-state index >= 15 is 0 Å². The zero-order chi connectivity index (χ0) is 57.9. The fourth-order valence-electron chi connectivity index (χ4n) is 15.5. The number of furan rings is 1. The van der Waals surface area contributed by atoms with Gasteiger partial charge in [-0.1, -0.05) is 194 Å². The lowest BCUT2D eigenvalue weighted by molar-refractivity contribution is 0.487. The highest BCUT2D eigenvalue weighted by atomic mass is 16.5. The van der Waals surface area contributed by atoms with Gasteiger partial charge in [0.2, 0.25) is 0 Å². The summed E-state index contributed by atoms with van der Waals surface area (Å²) in [5, 5.41) is 4.66. The van der Waals surface area contributed by atoms with Gasteiger partial charge in [0.05, 0.1) is 22.4 Å². The van der Waals surface area contributed by atoms with Crippen LogP contribution < -0.4 is 52.2 Å². The second-order valence-electron chi connectivity index (χ2n) is 24.0. The molecule has 13 aromatic carbocycles. The maximum absolute atomic E-state index is 7.62. The molecule has 0 fully saturated rings. The van der Waals surface area contributed by atoms with Crippen LogP contribution in [-0.4, -0.2) is 18.0 Å². The van der Waals surface area contributed by atoms with Crippen molar-refractivity contribution in [3.63, 3.8) is 0 Å². The maximum atomic E-state index is 7.62. The van der Waals surface area contributed by atoms with Crippen molar-refractivity contribution in [1.29, 1.82) is 0 Å². The van der Waals surface area contributed by atoms with Crippen LogP contribution in [0.25, 0.3) is 71.7 Å². The molecule has 19 rings (SSSR count). The molecule has 0 radical (unpaired) electrons. The molecule has 410 valence electrons. The predicted octanol–water partition coefficient (Wildman–Crippen LogP) is 17.1. The molecule has 6 nitrogen and oxygen atoms in total. The molecule has 0 unspecified atom stereocenters. The van der Waals surface area contributed by atoms with Gasteiger partial charge in [-0.2, -0.15) is 0 Å². The first-order valence-corrected chi connectivity index (χ1v) is 30.5. The number of fused-ring (bicyclic) bond motifs is 14. The van der Waals surface area contributed by atoms with E-state index < -0.39 is 0 Å². The van der Waals surface area contributed by atoms with Crippen molar-refractivity contribution in [3.8, 4) is 39.4 Å². The fraction of sp³-hybridized carbons (Fsp3) is 0.0250. The molecule has 88 heavy (non-hydrogen) atoms. The number of benzene rings is 13. The van der Waals surface area contributed by atoms with Gasteiger partial charge in [-0.05, 0) is 148 Å². The number of para-hydroxylation sites is 7. The van der Waals surface area contributed by atoms with Crippen LogP contribution in [0, 0.1) is 13.8 Å². The molecule has 6 heterocycles. The molecule has 0 N–H and O–H groups in total. The Labute approximate surface area is 510 Å². The second kappa shape index (κ2) is 18.6. The van der Waals surface area contributed by atoms with Crippen LogP contribution in [0.4, 0.5) is 51.2 Å². The van der Waals surface area contributed by atoms with Crippen molar-refractivity contribution in [2.75, 3.05) is 14.7 Å². The third-order valence-electron chi connectivity index (χ3n) is 19.0. The largest absolute Gasteiger partial charge is 0.458 e. The number of ether oxygens (including phenoxy) is 1. The number of rotatable bonds is 6. The predicted molar refractivity (Wildman–Crippen MR) is 368 cm³/mol. The van der Waals surface area contributed by atoms with Gasteiger partial charge in [0.25, 0.3) is 13.4 Å². The summed E-state index contributed by atoms with van der Waals surface area (Å²) in [6.07, 6.45) is 0. The summed E-state index contributed by atoms with van der Waals surface area (Å²) in [5.74, 6) is 1.71. The quantitative estimate of drug-likeness (QED) is 0.155. The van der Waals surface area contributed by atoms with Crippen LogP contribution in [0.5, 0.6) is 11.5 Å². The van der Waals surface area contributed by atoms with Crippen molar-refractivity contribution in [2.24, 2.45) is 0 Å². The summed E-state index contributed by atoms with van der Waals surface area (Å²) >= 11 is 0. The topological polar surface area (TPSA) is 37.0 Å². The van der Waals surface area contributed by atoms with Gasteiger partial charge in [-0.3, -0.25) is 0 Å². The monoisotopic (exact) mass is 1120 g/mol. The van der Waals surface area contributed by atoms with E-state index in [9.17, 15) is 0 Å². The summed E-state index contributed by atoms with van der Waals surface area (Å²) in [6.45, 7) is 4.08. The molecular formula is C80H52B2N4O2. The Kier molecular flexibility index (Phi) is 10.4. The minimum Gasteiger partial charge on any atom is -0.458 e. The van der Waals surface area contributed by atoms with E-state index in [2.05, 4.69) is 312 Å². The molecule has 0 saturated carbocycles. The van der Waals surface area contributed by atoms with Gasteiger partial charge in [-0.15, -0.1) is 0 Å². The molecule has 0 aliphatic carbocycles. The van der Waals surface area contributed by atoms with Gasteiger partial charge < -0.3 is 28.4 Å². The van der Waals surface area contributed by atoms with E-state index in [1.807, 2.05) is 0 Å². The van der Waals surface area contributed by atoms with Crippen LogP contribution in [0.15, 0.2) is 283 Å². The van der Waals surface area contributed by atoms with Gasteiger partial charge in [0.15, 0.2) is 5.58 Å². The summed E-state index contributed by atoms with van der Waals surface area (Å²) in [4.78, 5) is 7.58. The second-order valence-corrected chi connectivity index (χ2v) is 24.0. The van der Waals surface area contributed by atoms with Crippen LogP contribution >= 0.6 is 0 Å². The van der Waals surface area contributed by atoms with E-state index in [1.165, 1.54) is 43.7 Å². The van der Waals surface area contributed by atoms with E-state index in [0.717, 1.165) is 135 Å². The Morgan fingerprint density at radius 1 is 0.318 bits per heavy atom. The molecule has 0 bridgehead atoms. The number of hydrogen-bond acceptors (Lipinski definition) is 5. The minimum absolute atomic E-state index is 0.174. The SMILES string of the molecule is Cc1cc2c3c(c1)N(c1cccc4c1oc1ccccc14)c1ccccc1B3c1cc3c(cc1O2)N(c1c(-c2ccccc2)cccc1-c1ccccc1)c1cc(C)cc2c1B3c1ccc(-n3c4ccccc4c4ccccc43)cc1N2c1ccccc1. The average Bonchev–Trinajstić information content (AvgIpc) is 0.836. The van der Waals surface area contributed by atoms with E-state index in [0.29, 0.717) is 0 Å². The highest BCUT2D eigenvalue weighted by Gasteiger charge is 2.48. The highest BCUT2D eigenvalue weighted by Crippen LogP contribution is 2.52. The van der Waals surface area contributed by atoms with E-state index in [1.54, 1.807) is 0 Å². The summed E-state index contributed by atoms with van der Waals surface area (Å²) in [6, 6.07) is 103. The average molecular weight is 1120 g/mol. The Hall–Kier alpha value is -11.2. The Balaban J connectivity index is 0.912. The first-order chi connectivity index (χ1) is 43.5. The number of nitrogens with zero attached hydrogens (tertiary/aromatic N) is 4. The number of anilines is 9. The lowest BCUT2D eigenvalue weighted by atomic mass is 9.30. The fourth-order valence-corrected chi connectivity index (χ4v) is 15.5. The van der Waals surface area contributed by atoms with Gasteiger partial charge in [0, 0.05) is 84.2 Å². The van der Waals surface area contributed by atoms with Crippen LogP contribution in [-0.2, 0) is 0 Å². The van der Waals surface area contributed by atoms with Gasteiger partial charge in [-0.25, -0.2) is 0 Å². The summed E-state index contributed by atoms with van der Waals surface area (Å²) in [7, 11) is 0. The first-order valence-electron chi connectivity index (χ1n) is 30.5. The highest BCUT2D eigenvalue weighted by molar-refractivity contribution is 7.02. The molecular weight excluding hydrogens is 1070 g/mol.